The van der Waals surface area contributed by atoms with E-state index in [2.05, 4.69) is 25.3 Å². The fraction of sp³-hybridized carbons (Fsp3) is 0.562. The average molecular weight is 393 g/mol. The van der Waals surface area contributed by atoms with Crippen LogP contribution in [-0.4, -0.2) is 77.0 Å². The molecule has 10 nitrogen and oxygen atoms in total. The highest BCUT2D eigenvalue weighted by molar-refractivity contribution is 7.88. The van der Waals surface area contributed by atoms with Crippen LogP contribution in [-0.2, 0) is 14.8 Å². The van der Waals surface area contributed by atoms with Gasteiger partial charge in [0.2, 0.25) is 15.9 Å². The number of nitrogens with zero attached hydrogens (tertiary/aromatic N) is 6. The summed E-state index contributed by atoms with van der Waals surface area (Å²) in [5.74, 6) is 0.839. The Morgan fingerprint density at radius 3 is 2.67 bits per heavy atom. The SMILES string of the molecule is CCNC(=O)C1CN(c2cnc3c(C)nc(C)nc3n2)CCN1S(C)(=O)=O. The van der Waals surface area contributed by atoms with E-state index in [4.69, 9.17) is 0 Å². The van der Waals surface area contributed by atoms with Gasteiger partial charge in [0.25, 0.3) is 0 Å². The Morgan fingerprint density at radius 1 is 1.26 bits per heavy atom. The van der Waals surface area contributed by atoms with E-state index in [1.807, 2.05) is 11.8 Å². The van der Waals surface area contributed by atoms with Gasteiger partial charge in [-0.25, -0.2) is 28.4 Å². The molecule has 3 heterocycles. The number of nitrogens with one attached hydrogen (secondary N) is 1. The summed E-state index contributed by atoms with van der Waals surface area (Å²) in [6.45, 7) is 6.66. The first-order chi connectivity index (χ1) is 12.7. The van der Waals surface area contributed by atoms with Gasteiger partial charge >= 0.3 is 0 Å². The average Bonchev–Trinajstić information content (AvgIpc) is 2.60. The van der Waals surface area contributed by atoms with Gasteiger partial charge in [0.1, 0.15) is 23.2 Å². The van der Waals surface area contributed by atoms with Crippen LogP contribution in [0.5, 0.6) is 0 Å². The van der Waals surface area contributed by atoms with E-state index in [0.29, 0.717) is 35.9 Å². The van der Waals surface area contributed by atoms with Crippen LogP contribution in [0.3, 0.4) is 0 Å². The Hall–Kier alpha value is -2.40. The van der Waals surface area contributed by atoms with Crippen molar-refractivity contribution in [2.24, 2.45) is 0 Å². The summed E-state index contributed by atoms with van der Waals surface area (Å²) >= 11 is 0. The molecule has 0 aliphatic carbocycles. The van der Waals surface area contributed by atoms with Crippen LogP contribution in [0.2, 0.25) is 0 Å². The molecule has 2 aromatic rings. The lowest BCUT2D eigenvalue weighted by Gasteiger charge is -2.39. The molecule has 1 N–H and O–H groups in total. The van der Waals surface area contributed by atoms with Crippen molar-refractivity contribution in [1.29, 1.82) is 0 Å². The summed E-state index contributed by atoms with van der Waals surface area (Å²) in [5, 5.41) is 2.71. The molecule has 1 unspecified atom stereocenters. The summed E-state index contributed by atoms with van der Waals surface area (Å²) in [6, 6.07) is -0.819. The number of hydrogen-bond acceptors (Lipinski definition) is 8. The maximum absolute atomic E-state index is 12.4. The van der Waals surface area contributed by atoms with Gasteiger partial charge in [0.05, 0.1) is 18.1 Å². The molecule has 1 fully saturated rings. The van der Waals surface area contributed by atoms with Gasteiger partial charge in [-0.3, -0.25) is 4.79 Å². The van der Waals surface area contributed by atoms with E-state index in [1.54, 1.807) is 20.0 Å². The number of likely N-dealkylation sites (N-methyl/N-ethyl adjacent to an activating group) is 1. The van der Waals surface area contributed by atoms with Crippen molar-refractivity contribution in [3.8, 4) is 0 Å². The molecule has 2 aromatic heterocycles. The highest BCUT2D eigenvalue weighted by Gasteiger charge is 2.37. The van der Waals surface area contributed by atoms with Gasteiger partial charge in [0, 0.05) is 26.2 Å². The maximum atomic E-state index is 12.4. The third kappa shape index (κ3) is 3.98. The van der Waals surface area contributed by atoms with Crippen LogP contribution >= 0.6 is 0 Å². The van der Waals surface area contributed by atoms with Gasteiger partial charge in [-0.1, -0.05) is 0 Å². The molecule has 0 radical (unpaired) electrons. The topological polar surface area (TPSA) is 121 Å². The first-order valence-corrected chi connectivity index (χ1v) is 10.5. The fourth-order valence-electron chi connectivity index (χ4n) is 3.21. The number of hydrogen-bond donors (Lipinski definition) is 1. The number of anilines is 1. The van der Waals surface area contributed by atoms with Crippen LogP contribution in [0, 0.1) is 13.8 Å². The first-order valence-electron chi connectivity index (χ1n) is 8.68. The van der Waals surface area contributed by atoms with Crippen molar-refractivity contribution in [2.45, 2.75) is 26.8 Å². The van der Waals surface area contributed by atoms with Gasteiger partial charge in [-0.15, -0.1) is 0 Å². The monoisotopic (exact) mass is 393 g/mol. The molecule has 1 atom stereocenters. The van der Waals surface area contributed by atoms with Crippen LogP contribution in [0.4, 0.5) is 5.82 Å². The lowest BCUT2D eigenvalue weighted by atomic mass is 10.2. The molecule has 1 aliphatic rings. The van der Waals surface area contributed by atoms with Crippen LogP contribution in [0.15, 0.2) is 6.20 Å². The fourth-order valence-corrected chi connectivity index (χ4v) is 4.24. The van der Waals surface area contributed by atoms with Crippen molar-refractivity contribution < 1.29 is 13.2 Å². The molecule has 27 heavy (non-hydrogen) atoms. The van der Waals surface area contributed by atoms with Crippen molar-refractivity contribution in [1.82, 2.24) is 29.6 Å². The normalized spacial score (nSPS) is 18.7. The largest absolute Gasteiger partial charge is 0.355 e. The van der Waals surface area contributed by atoms with Crippen LogP contribution in [0.1, 0.15) is 18.4 Å². The minimum Gasteiger partial charge on any atom is -0.355 e. The third-order valence-corrected chi connectivity index (χ3v) is 5.71. The van der Waals surface area contributed by atoms with E-state index in [0.717, 1.165) is 11.9 Å². The van der Waals surface area contributed by atoms with Crippen molar-refractivity contribution >= 4 is 32.9 Å². The Bertz CT molecular complexity index is 979. The third-order valence-electron chi connectivity index (χ3n) is 4.42. The highest BCUT2D eigenvalue weighted by atomic mass is 32.2. The minimum atomic E-state index is -3.50. The van der Waals surface area contributed by atoms with Crippen molar-refractivity contribution in [2.75, 3.05) is 37.3 Å². The van der Waals surface area contributed by atoms with Crippen LogP contribution < -0.4 is 10.2 Å². The summed E-state index contributed by atoms with van der Waals surface area (Å²) in [6.07, 6.45) is 2.73. The highest BCUT2D eigenvalue weighted by Crippen LogP contribution is 2.21. The van der Waals surface area contributed by atoms with Crippen molar-refractivity contribution in [3.05, 3.63) is 17.7 Å². The summed E-state index contributed by atoms with van der Waals surface area (Å²) in [4.78, 5) is 31.9. The van der Waals surface area contributed by atoms with E-state index in [1.165, 1.54) is 4.31 Å². The zero-order valence-corrected chi connectivity index (χ0v) is 16.6. The molecule has 3 rings (SSSR count). The molecular weight excluding hydrogens is 370 g/mol. The predicted molar refractivity (Wildman–Crippen MR) is 101 cm³/mol. The Kier molecular flexibility index (Phi) is 5.24. The molecule has 0 aromatic carbocycles. The lowest BCUT2D eigenvalue weighted by molar-refractivity contribution is -0.124. The van der Waals surface area contributed by atoms with Gasteiger partial charge in [-0.2, -0.15) is 4.31 Å². The number of carbonyl (C=O) groups is 1. The second kappa shape index (κ2) is 7.31. The predicted octanol–water partition coefficient (Wildman–Crippen LogP) is -0.377. The summed E-state index contributed by atoms with van der Waals surface area (Å²) < 4.78 is 25.4. The van der Waals surface area contributed by atoms with Gasteiger partial charge in [0.15, 0.2) is 5.65 Å². The van der Waals surface area contributed by atoms with E-state index in [9.17, 15) is 13.2 Å². The number of carbonyl (C=O) groups excluding carboxylic acids is 1. The molecular formula is C16H23N7O3S. The Labute approximate surface area is 158 Å². The molecule has 1 aliphatic heterocycles. The number of piperazine rings is 1. The quantitative estimate of drug-likeness (QED) is 0.746. The van der Waals surface area contributed by atoms with E-state index >= 15 is 0 Å². The summed E-state index contributed by atoms with van der Waals surface area (Å²) in [5.41, 5.74) is 1.86. The summed E-state index contributed by atoms with van der Waals surface area (Å²) in [7, 11) is -3.50. The number of rotatable bonds is 4. The maximum Gasteiger partial charge on any atom is 0.240 e. The van der Waals surface area contributed by atoms with Gasteiger partial charge < -0.3 is 10.2 Å². The molecule has 146 valence electrons. The molecule has 0 spiro atoms. The lowest BCUT2D eigenvalue weighted by Crippen LogP contribution is -2.60. The van der Waals surface area contributed by atoms with Crippen LogP contribution in [0.25, 0.3) is 11.2 Å². The number of fused-ring (bicyclic) bond motifs is 1. The van der Waals surface area contributed by atoms with Crippen molar-refractivity contribution in [3.63, 3.8) is 0 Å². The number of amides is 1. The van der Waals surface area contributed by atoms with E-state index < -0.39 is 16.1 Å². The Morgan fingerprint density at radius 2 is 2.00 bits per heavy atom. The first kappa shape index (κ1) is 19.4. The molecule has 1 saturated heterocycles. The number of aromatic nitrogens is 4. The zero-order chi connectivity index (χ0) is 19.8. The molecule has 11 heteroatoms. The number of aryl methyl sites for hydroxylation is 2. The number of sulfonamides is 1. The standard InChI is InChI=1S/C16H23N7O3S/c1-5-17-16(24)12-9-22(6-7-23(12)27(4,25)26)13-8-18-14-10(2)19-11(3)20-15(14)21-13/h8,12H,5-7,9H2,1-4H3,(H,17,24). The van der Waals surface area contributed by atoms with E-state index in [-0.39, 0.29) is 19.0 Å². The molecule has 0 saturated carbocycles. The second-order valence-electron chi connectivity index (χ2n) is 6.49. The molecule has 0 bridgehead atoms. The smallest absolute Gasteiger partial charge is 0.240 e. The molecule has 1 amide bonds. The Balaban J connectivity index is 1.93. The van der Waals surface area contributed by atoms with Gasteiger partial charge in [-0.05, 0) is 20.8 Å². The minimum absolute atomic E-state index is 0.197. The zero-order valence-electron chi connectivity index (χ0n) is 15.8. The second-order valence-corrected chi connectivity index (χ2v) is 8.42.